The molecule has 0 spiro atoms. The number of hydrogen-bond acceptors (Lipinski definition) is 8. The molecule has 11 nitrogen and oxygen atoms in total. The molecule has 0 fully saturated rings. The first-order valence-corrected chi connectivity index (χ1v) is 10.8. The van der Waals surface area contributed by atoms with E-state index < -0.39 is 35.8 Å². The van der Waals surface area contributed by atoms with E-state index in [1.165, 1.54) is 12.1 Å². The molecule has 1 atom stereocenters. The number of fused-ring (bicyclic) bond motifs is 3. The van der Waals surface area contributed by atoms with Gasteiger partial charge in [0, 0.05) is 18.1 Å². The SMILES string of the molecule is O=C(N[C@@H](COC(=O)Oc1ccc([N+](=O)[O-])cc1)C(=O)O)OCC1c2ccccc2-c2ccccc21. The molecule has 1 aliphatic carbocycles. The number of carboxylic acid groups (broad SMARTS) is 1. The van der Waals surface area contributed by atoms with E-state index in [1.54, 1.807) is 0 Å². The van der Waals surface area contributed by atoms with Crippen molar-refractivity contribution >= 4 is 23.9 Å². The number of carbonyl (C=O) groups excluding carboxylic acids is 2. The number of amides is 1. The van der Waals surface area contributed by atoms with Gasteiger partial charge >= 0.3 is 18.2 Å². The summed E-state index contributed by atoms with van der Waals surface area (Å²) < 4.78 is 14.9. The number of benzene rings is 3. The van der Waals surface area contributed by atoms with Gasteiger partial charge in [-0.1, -0.05) is 48.5 Å². The Labute approximate surface area is 204 Å². The van der Waals surface area contributed by atoms with E-state index in [0.29, 0.717) is 0 Å². The third kappa shape index (κ3) is 5.41. The Morgan fingerprint density at radius 2 is 1.50 bits per heavy atom. The van der Waals surface area contributed by atoms with E-state index in [0.717, 1.165) is 34.4 Å². The maximum absolute atomic E-state index is 12.3. The smallest absolute Gasteiger partial charge is 0.480 e. The fourth-order valence-electron chi connectivity index (χ4n) is 3.87. The van der Waals surface area contributed by atoms with Crippen molar-refractivity contribution in [1.29, 1.82) is 0 Å². The van der Waals surface area contributed by atoms with Crippen molar-refractivity contribution in [1.82, 2.24) is 5.32 Å². The highest BCUT2D eigenvalue weighted by Crippen LogP contribution is 2.44. The molecular formula is C25H20N2O9. The maximum atomic E-state index is 12.3. The van der Waals surface area contributed by atoms with Crippen LogP contribution in [-0.2, 0) is 14.3 Å². The zero-order chi connectivity index (χ0) is 25.7. The van der Waals surface area contributed by atoms with Crippen LogP contribution >= 0.6 is 0 Å². The standard InChI is InChI=1S/C25H20N2O9/c28-23(29)22(14-35-25(31)36-16-11-9-15(10-12-16)27(32)33)26-24(30)34-13-21-19-7-3-1-5-17(19)18-6-2-4-8-20(18)21/h1-12,21-22H,13-14H2,(H,26,30)(H,28,29)/t22-/m0/s1. The Balaban J connectivity index is 1.30. The number of hydrogen-bond donors (Lipinski definition) is 2. The lowest BCUT2D eigenvalue weighted by Gasteiger charge is -2.17. The first-order chi connectivity index (χ1) is 17.3. The van der Waals surface area contributed by atoms with Crippen LogP contribution in [-0.4, -0.2) is 47.5 Å². The first-order valence-electron chi connectivity index (χ1n) is 10.8. The maximum Gasteiger partial charge on any atom is 0.513 e. The number of alkyl carbamates (subject to hydrolysis) is 1. The second-order valence-electron chi connectivity index (χ2n) is 7.77. The normalized spacial score (nSPS) is 12.6. The Kier molecular flexibility index (Phi) is 7.10. The van der Waals surface area contributed by atoms with Crippen molar-refractivity contribution in [3.8, 4) is 16.9 Å². The molecule has 0 unspecified atom stereocenters. The number of nitro benzene ring substituents is 1. The van der Waals surface area contributed by atoms with Crippen molar-refractivity contribution < 1.29 is 38.6 Å². The van der Waals surface area contributed by atoms with E-state index in [2.05, 4.69) is 5.32 Å². The lowest BCUT2D eigenvalue weighted by Crippen LogP contribution is -2.45. The topological polar surface area (TPSA) is 154 Å². The van der Waals surface area contributed by atoms with Crippen LogP contribution in [0.5, 0.6) is 5.75 Å². The average Bonchev–Trinajstić information content (AvgIpc) is 3.19. The minimum absolute atomic E-state index is 0.0186. The molecule has 0 saturated heterocycles. The van der Waals surface area contributed by atoms with Crippen molar-refractivity contribution in [2.75, 3.05) is 13.2 Å². The molecule has 11 heteroatoms. The summed E-state index contributed by atoms with van der Waals surface area (Å²) in [6.45, 7) is -0.749. The summed E-state index contributed by atoms with van der Waals surface area (Å²) >= 11 is 0. The van der Waals surface area contributed by atoms with Gasteiger partial charge in [-0.15, -0.1) is 0 Å². The van der Waals surface area contributed by atoms with Crippen LogP contribution in [0, 0.1) is 10.1 Å². The third-order valence-electron chi connectivity index (χ3n) is 5.55. The van der Waals surface area contributed by atoms with Crippen LogP contribution in [0.15, 0.2) is 72.8 Å². The van der Waals surface area contributed by atoms with Gasteiger partial charge in [0.2, 0.25) is 0 Å². The minimum Gasteiger partial charge on any atom is -0.480 e. The summed E-state index contributed by atoms with van der Waals surface area (Å²) in [5.41, 5.74) is 3.89. The van der Waals surface area contributed by atoms with Crippen molar-refractivity contribution in [3.05, 3.63) is 94.0 Å². The summed E-state index contributed by atoms with van der Waals surface area (Å²) in [6, 6.07) is 18.5. The van der Waals surface area contributed by atoms with Gasteiger partial charge in [-0.3, -0.25) is 10.1 Å². The Morgan fingerprint density at radius 1 is 0.917 bits per heavy atom. The number of nitrogens with one attached hydrogen (secondary N) is 1. The molecule has 0 aromatic heterocycles. The van der Waals surface area contributed by atoms with Gasteiger partial charge in [-0.05, 0) is 34.4 Å². The lowest BCUT2D eigenvalue weighted by atomic mass is 9.98. The molecular weight excluding hydrogens is 472 g/mol. The molecule has 0 bridgehead atoms. The molecule has 0 radical (unpaired) electrons. The van der Waals surface area contributed by atoms with Crippen molar-refractivity contribution in [3.63, 3.8) is 0 Å². The molecule has 4 rings (SSSR count). The quantitative estimate of drug-likeness (QED) is 0.205. The van der Waals surface area contributed by atoms with Gasteiger partial charge in [0.1, 0.15) is 19.0 Å². The summed E-state index contributed by atoms with van der Waals surface area (Å²) in [4.78, 5) is 45.8. The van der Waals surface area contributed by atoms with Crippen molar-refractivity contribution in [2.24, 2.45) is 0 Å². The van der Waals surface area contributed by atoms with E-state index in [1.807, 2.05) is 48.5 Å². The zero-order valence-corrected chi connectivity index (χ0v) is 18.7. The Morgan fingerprint density at radius 3 is 2.06 bits per heavy atom. The lowest BCUT2D eigenvalue weighted by molar-refractivity contribution is -0.384. The second kappa shape index (κ2) is 10.6. The zero-order valence-electron chi connectivity index (χ0n) is 18.7. The van der Waals surface area contributed by atoms with Crippen LogP contribution in [0.25, 0.3) is 11.1 Å². The number of nitro groups is 1. The van der Waals surface area contributed by atoms with E-state index in [-0.39, 0.29) is 24.0 Å². The molecule has 0 heterocycles. The molecule has 1 amide bonds. The molecule has 2 N–H and O–H groups in total. The second-order valence-corrected chi connectivity index (χ2v) is 7.77. The fraction of sp³-hybridized carbons (Fsp3) is 0.160. The van der Waals surface area contributed by atoms with Gasteiger partial charge < -0.3 is 24.6 Å². The Hall–Kier alpha value is -4.93. The first kappa shape index (κ1) is 24.2. The predicted molar refractivity (Wildman–Crippen MR) is 125 cm³/mol. The summed E-state index contributed by atoms with van der Waals surface area (Å²) in [5.74, 6) is -1.70. The number of nitrogens with zero attached hydrogens (tertiary/aromatic N) is 1. The van der Waals surface area contributed by atoms with Gasteiger partial charge in [-0.25, -0.2) is 14.4 Å². The monoisotopic (exact) mass is 492 g/mol. The third-order valence-corrected chi connectivity index (χ3v) is 5.55. The van der Waals surface area contributed by atoms with Crippen LogP contribution in [0.1, 0.15) is 17.0 Å². The Bertz CT molecular complexity index is 1260. The number of ether oxygens (including phenoxy) is 3. The molecule has 1 aliphatic rings. The van der Waals surface area contributed by atoms with E-state index in [9.17, 15) is 29.6 Å². The number of aliphatic carboxylic acids is 1. The van der Waals surface area contributed by atoms with Crippen molar-refractivity contribution in [2.45, 2.75) is 12.0 Å². The van der Waals surface area contributed by atoms with Gasteiger partial charge in [0.15, 0.2) is 6.04 Å². The number of carboxylic acids is 1. The van der Waals surface area contributed by atoms with E-state index >= 15 is 0 Å². The summed E-state index contributed by atoms with van der Waals surface area (Å²) in [7, 11) is 0. The molecule has 0 aliphatic heterocycles. The average molecular weight is 492 g/mol. The number of carbonyl (C=O) groups is 3. The van der Waals surface area contributed by atoms with Gasteiger partial charge in [0.25, 0.3) is 5.69 Å². The van der Waals surface area contributed by atoms with Gasteiger partial charge in [0.05, 0.1) is 4.92 Å². The van der Waals surface area contributed by atoms with Crippen LogP contribution < -0.4 is 10.1 Å². The highest BCUT2D eigenvalue weighted by molar-refractivity contribution is 5.81. The summed E-state index contributed by atoms with van der Waals surface area (Å²) in [6.07, 6.45) is -2.24. The fourth-order valence-corrected chi connectivity index (χ4v) is 3.87. The molecule has 3 aromatic carbocycles. The van der Waals surface area contributed by atoms with E-state index in [4.69, 9.17) is 14.2 Å². The largest absolute Gasteiger partial charge is 0.513 e. The molecule has 0 saturated carbocycles. The van der Waals surface area contributed by atoms with Crippen LogP contribution in [0.4, 0.5) is 15.3 Å². The highest BCUT2D eigenvalue weighted by Gasteiger charge is 2.30. The number of rotatable bonds is 8. The van der Waals surface area contributed by atoms with Crippen LogP contribution in [0.2, 0.25) is 0 Å². The van der Waals surface area contributed by atoms with Crippen LogP contribution in [0.3, 0.4) is 0 Å². The minimum atomic E-state index is -1.59. The summed E-state index contributed by atoms with van der Waals surface area (Å²) in [5, 5.41) is 22.2. The highest BCUT2D eigenvalue weighted by atomic mass is 16.7. The predicted octanol–water partition coefficient (Wildman–Crippen LogP) is 4.10. The number of non-ortho nitro benzene ring substituents is 1. The van der Waals surface area contributed by atoms with Gasteiger partial charge in [-0.2, -0.15) is 0 Å². The molecule has 184 valence electrons. The molecule has 36 heavy (non-hydrogen) atoms. The molecule has 3 aromatic rings.